The highest BCUT2D eigenvalue weighted by atomic mass is 35.5. The number of aromatic nitrogens is 2. The average molecular weight is 550 g/mol. The van der Waals surface area contributed by atoms with Crippen LogP contribution in [0.3, 0.4) is 0 Å². The van der Waals surface area contributed by atoms with Gasteiger partial charge in [-0.1, -0.05) is 24.9 Å². The molecule has 0 radical (unpaired) electrons. The first-order valence-electron chi connectivity index (χ1n) is 12.5. The molecule has 0 bridgehead atoms. The number of aliphatic imine (C=N–C) groups is 1. The topological polar surface area (TPSA) is 138 Å². The van der Waals surface area contributed by atoms with Gasteiger partial charge in [0.05, 0.1) is 34.3 Å². The highest BCUT2D eigenvalue weighted by molar-refractivity contribution is 6.30. The summed E-state index contributed by atoms with van der Waals surface area (Å²) in [5, 5.41) is 15.4. The van der Waals surface area contributed by atoms with Crippen LogP contribution in [-0.4, -0.2) is 51.2 Å². The summed E-state index contributed by atoms with van der Waals surface area (Å²) in [6, 6.07) is 3.49. The van der Waals surface area contributed by atoms with Gasteiger partial charge in [-0.3, -0.25) is 15.4 Å². The van der Waals surface area contributed by atoms with Crippen LogP contribution in [-0.2, 0) is 4.74 Å². The summed E-state index contributed by atoms with van der Waals surface area (Å²) in [6.45, 7) is 3.56. The van der Waals surface area contributed by atoms with E-state index in [2.05, 4.69) is 63.3 Å². The monoisotopic (exact) mass is 549 g/mol. The number of rotatable bonds is 4. The Morgan fingerprint density at radius 2 is 2.08 bits per heavy atom. The van der Waals surface area contributed by atoms with Gasteiger partial charge in [-0.15, -0.1) is 25.7 Å². The van der Waals surface area contributed by atoms with Crippen molar-refractivity contribution in [3.05, 3.63) is 46.7 Å². The van der Waals surface area contributed by atoms with Crippen LogP contribution in [0.5, 0.6) is 0 Å². The van der Waals surface area contributed by atoms with Crippen molar-refractivity contribution in [2.45, 2.75) is 45.1 Å². The third kappa shape index (κ3) is 6.54. The number of nitrogens with zero attached hydrogens (tertiary/aromatic N) is 4. The van der Waals surface area contributed by atoms with Gasteiger partial charge in [-0.05, 0) is 31.4 Å². The number of terminal acetylenes is 2. The Kier molecular flexibility index (Phi) is 10.0. The van der Waals surface area contributed by atoms with E-state index in [1.165, 1.54) is 5.70 Å². The summed E-state index contributed by atoms with van der Waals surface area (Å²) in [4.78, 5) is 23.5. The van der Waals surface area contributed by atoms with Crippen LogP contribution >= 0.6 is 11.6 Å². The zero-order valence-electron chi connectivity index (χ0n) is 21.7. The fourth-order valence-electron chi connectivity index (χ4n) is 5.03. The Hall–Kier alpha value is -4.41. The van der Waals surface area contributed by atoms with Gasteiger partial charge in [-0.25, -0.2) is 9.78 Å². The van der Waals surface area contributed by atoms with E-state index in [4.69, 9.17) is 27.2 Å². The van der Waals surface area contributed by atoms with Crippen molar-refractivity contribution < 1.29 is 14.6 Å². The fraction of sp³-hybridized carbons (Fsp3) is 0.357. The first-order chi connectivity index (χ1) is 18.9. The van der Waals surface area contributed by atoms with Gasteiger partial charge in [0.15, 0.2) is 5.84 Å². The molecule has 0 unspecified atom stereocenters. The van der Waals surface area contributed by atoms with E-state index in [1.54, 1.807) is 24.5 Å². The standard InChI is InChI=1S/C24H28ClN7O3.2C2H2/c1-2-4-16-12-32-22-13(5-3-6-19(22)35-16)10-28-21-17(31-32)8-18(23(26)30-24(33)34)29-20(21)14-7-15(25)11-27-9-14;2*1-2/h7-9,11,13,16,28,31H,2-6,10,12H2,1H3,(H2,26,30)(H,33,34);2*1-2H/t13-,16+;;/m0../s1. The lowest BCUT2D eigenvalue weighted by atomic mass is 9.88. The van der Waals surface area contributed by atoms with Crippen molar-refractivity contribution >= 4 is 34.9 Å². The normalized spacial score (nSPS) is 19.4. The number of amides is 1. The molecule has 0 fully saturated rings. The first-order valence-corrected chi connectivity index (χ1v) is 12.9. The number of hydrogen-bond acceptors (Lipinski definition) is 7. The maximum absolute atomic E-state index is 11.2. The Balaban J connectivity index is 0.00000100. The minimum Gasteiger partial charge on any atom is -0.491 e. The molecule has 0 saturated carbocycles. The molecule has 10 nitrogen and oxygen atoms in total. The Morgan fingerprint density at radius 1 is 1.31 bits per heavy atom. The second kappa shape index (κ2) is 13.4. The zero-order valence-corrected chi connectivity index (χ0v) is 22.5. The maximum atomic E-state index is 11.2. The first kappa shape index (κ1) is 29.2. The summed E-state index contributed by atoms with van der Waals surface area (Å²) < 4.78 is 6.39. The number of carbonyl (C=O) groups is 1. The number of hydrogen-bond donors (Lipinski definition) is 4. The molecule has 5 rings (SSSR count). The Bertz CT molecular complexity index is 1300. The summed E-state index contributed by atoms with van der Waals surface area (Å²) in [6.07, 6.45) is 23.0. The number of nitrogens with two attached hydrogens (primary N) is 1. The van der Waals surface area contributed by atoms with E-state index in [-0.39, 0.29) is 23.6 Å². The number of ether oxygens (including phenoxy) is 1. The predicted octanol–water partition coefficient (Wildman–Crippen LogP) is 4.94. The highest BCUT2D eigenvalue weighted by Crippen LogP contribution is 2.42. The summed E-state index contributed by atoms with van der Waals surface area (Å²) in [5.41, 5.74) is 13.7. The number of allylic oxidation sites excluding steroid dienone is 1. The number of amidine groups is 1. The van der Waals surface area contributed by atoms with Crippen molar-refractivity contribution in [3.8, 4) is 37.0 Å². The van der Waals surface area contributed by atoms with E-state index in [9.17, 15) is 4.79 Å². The molecule has 39 heavy (non-hydrogen) atoms. The third-order valence-electron chi connectivity index (χ3n) is 6.48. The molecule has 2 aliphatic heterocycles. The quantitative estimate of drug-likeness (QED) is 0.237. The van der Waals surface area contributed by atoms with Gasteiger partial charge in [0.2, 0.25) is 0 Å². The van der Waals surface area contributed by atoms with E-state index < -0.39 is 6.09 Å². The minimum atomic E-state index is -1.39. The molecule has 2 aromatic rings. The molecular weight excluding hydrogens is 518 g/mol. The largest absolute Gasteiger partial charge is 0.491 e. The van der Waals surface area contributed by atoms with Crippen molar-refractivity contribution in [2.75, 3.05) is 23.8 Å². The average Bonchev–Trinajstić information content (AvgIpc) is 2.93. The van der Waals surface area contributed by atoms with E-state index in [0.29, 0.717) is 35.1 Å². The van der Waals surface area contributed by atoms with Crippen LogP contribution in [0.1, 0.15) is 44.7 Å². The van der Waals surface area contributed by atoms with E-state index in [0.717, 1.165) is 43.6 Å². The summed E-state index contributed by atoms with van der Waals surface area (Å²) in [5.74, 6) is 1.15. The van der Waals surface area contributed by atoms with Crippen LogP contribution < -0.4 is 16.5 Å². The lowest BCUT2D eigenvalue weighted by molar-refractivity contribution is 0.0306. The second-order valence-electron chi connectivity index (χ2n) is 8.98. The molecule has 1 aliphatic carbocycles. The van der Waals surface area contributed by atoms with Gasteiger partial charge in [-0.2, -0.15) is 4.99 Å². The third-order valence-corrected chi connectivity index (χ3v) is 6.69. The van der Waals surface area contributed by atoms with Crippen LogP contribution in [0.2, 0.25) is 5.02 Å². The summed E-state index contributed by atoms with van der Waals surface area (Å²) in [7, 11) is 0. The van der Waals surface area contributed by atoms with Gasteiger partial charge in [0, 0.05) is 36.8 Å². The molecule has 5 N–H and O–H groups in total. The molecular formula is C28H32ClN7O3. The lowest BCUT2D eigenvalue weighted by Gasteiger charge is -2.45. The molecule has 0 spiro atoms. The molecule has 3 aliphatic rings. The Morgan fingerprint density at radius 3 is 2.77 bits per heavy atom. The van der Waals surface area contributed by atoms with Crippen LogP contribution in [0.15, 0.2) is 41.0 Å². The molecule has 4 heterocycles. The van der Waals surface area contributed by atoms with Crippen LogP contribution in [0, 0.1) is 31.6 Å². The highest BCUT2D eigenvalue weighted by Gasteiger charge is 2.37. The molecule has 204 valence electrons. The van der Waals surface area contributed by atoms with Gasteiger partial charge >= 0.3 is 6.09 Å². The number of halogens is 1. The van der Waals surface area contributed by atoms with E-state index >= 15 is 0 Å². The van der Waals surface area contributed by atoms with Gasteiger partial charge in [0.25, 0.3) is 0 Å². The fourth-order valence-corrected chi connectivity index (χ4v) is 5.21. The predicted molar refractivity (Wildman–Crippen MR) is 154 cm³/mol. The molecule has 11 heteroatoms. The summed E-state index contributed by atoms with van der Waals surface area (Å²) >= 11 is 6.23. The van der Waals surface area contributed by atoms with Crippen molar-refractivity contribution in [3.63, 3.8) is 0 Å². The van der Waals surface area contributed by atoms with Gasteiger partial charge < -0.3 is 20.9 Å². The van der Waals surface area contributed by atoms with E-state index in [1.807, 2.05) is 0 Å². The maximum Gasteiger partial charge on any atom is 0.433 e. The number of fused-ring (bicyclic) bond motifs is 1. The zero-order chi connectivity index (χ0) is 28.5. The number of nitrogens with one attached hydrogen (secondary N) is 2. The minimum absolute atomic E-state index is 0.0948. The van der Waals surface area contributed by atoms with Crippen molar-refractivity contribution in [1.29, 1.82) is 0 Å². The number of pyridine rings is 2. The van der Waals surface area contributed by atoms with Crippen molar-refractivity contribution in [2.24, 2.45) is 16.6 Å². The molecule has 2 aromatic heterocycles. The molecule has 0 aromatic carbocycles. The second-order valence-corrected chi connectivity index (χ2v) is 9.42. The SMILES string of the molecule is C#C.C#C.CCC[C@@H]1CN2Nc3cc(/C(N)=N/C(=O)O)nc(-c4cncc(Cl)c4)c3NC[C@@H]3CCCC(=C32)O1. The van der Waals surface area contributed by atoms with Crippen molar-refractivity contribution in [1.82, 2.24) is 15.0 Å². The smallest absolute Gasteiger partial charge is 0.433 e. The number of anilines is 2. The number of hydrazine groups is 1. The number of carboxylic acid groups (broad SMARTS) is 1. The Labute approximate surface area is 233 Å². The van der Waals surface area contributed by atoms with Crippen LogP contribution in [0.25, 0.3) is 11.3 Å². The lowest BCUT2D eigenvalue weighted by Crippen LogP contribution is -2.47. The van der Waals surface area contributed by atoms with Gasteiger partial charge in [0.1, 0.15) is 17.6 Å². The van der Waals surface area contributed by atoms with Crippen LogP contribution in [0.4, 0.5) is 16.2 Å². The molecule has 1 amide bonds. The molecule has 2 atom stereocenters. The molecule has 0 saturated heterocycles.